The van der Waals surface area contributed by atoms with Crippen molar-refractivity contribution in [2.24, 2.45) is 0 Å². The lowest BCUT2D eigenvalue weighted by Gasteiger charge is -2.25. The lowest BCUT2D eigenvalue weighted by atomic mass is 9.76. The van der Waals surface area contributed by atoms with Gasteiger partial charge in [0.05, 0.1) is 31.6 Å². The number of rotatable bonds is 5. The van der Waals surface area contributed by atoms with Crippen LogP contribution in [0.4, 0.5) is 5.69 Å². The normalized spacial score (nSPS) is 21.2. The molecule has 2 atom stereocenters. The average molecular weight is 428 g/mol. The van der Waals surface area contributed by atoms with Crippen molar-refractivity contribution in [2.75, 3.05) is 24.7 Å². The van der Waals surface area contributed by atoms with E-state index in [1.807, 2.05) is 54.3 Å². The van der Waals surface area contributed by atoms with E-state index < -0.39 is 5.41 Å². The van der Waals surface area contributed by atoms with Crippen LogP contribution in [0.5, 0.6) is 11.5 Å². The molecule has 162 valence electrons. The maximum Gasteiger partial charge on any atom is 0.245 e. The van der Waals surface area contributed by atoms with Gasteiger partial charge in [-0.2, -0.15) is 0 Å². The summed E-state index contributed by atoms with van der Waals surface area (Å²) in [5, 5.41) is 0. The predicted molar refractivity (Wildman–Crippen MR) is 119 cm³/mol. The monoisotopic (exact) mass is 428 g/mol. The summed E-state index contributed by atoms with van der Waals surface area (Å²) in [6, 6.07) is 17.9. The van der Waals surface area contributed by atoms with Crippen molar-refractivity contribution < 1.29 is 19.0 Å². The molecule has 4 heterocycles. The average Bonchev–Trinajstić information content (AvgIpc) is 3.50. The summed E-state index contributed by atoms with van der Waals surface area (Å²) in [4.78, 5) is 20.2. The van der Waals surface area contributed by atoms with Crippen LogP contribution in [0.1, 0.15) is 29.3 Å². The number of hydrogen-bond acceptors (Lipinski definition) is 5. The molecule has 3 aliphatic rings. The van der Waals surface area contributed by atoms with Gasteiger partial charge in [0.2, 0.25) is 5.91 Å². The number of hydrogen-bond donors (Lipinski definition) is 0. The molecule has 1 unspecified atom stereocenters. The molecule has 3 aliphatic heterocycles. The molecule has 6 nitrogen and oxygen atoms in total. The van der Waals surface area contributed by atoms with Gasteiger partial charge in [0.1, 0.15) is 23.5 Å². The number of para-hydroxylation sites is 1. The number of anilines is 1. The summed E-state index contributed by atoms with van der Waals surface area (Å²) in [5.74, 6) is 1.66. The Morgan fingerprint density at radius 1 is 1.09 bits per heavy atom. The summed E-state index contributed by atoms with van der Waals surface area (Å²) in [6.07, 6.45) is 2.46. The van der Waals surface area contributed by atoms with Crippen LogP contribution in [0.15, 0.2) is 60.8 Å². The molecule has 6 rings (SSSR count). The van der Waals surface area contributed by atoms with Gasteiger partial charge in [0.15, 0.2) is 0 Å². The van der Waals surface area contributed by atoms with Gasteiger partial charge in [0.25, 0.3) is 0 Å². The van der Waals surface area contributed by atoms with Crippen molar-refractivity contribution in [3.05, 3.63) is 83.2 Å². The molecule has 1 spiro atoms. The number of pyridine rings is 1. The van der Waals surface area contributed by atoms with E-state index in [2.05, 4.69) is 17.1 Å². The zero-order valence-corrected chi connectivity index (χ0v) is 17.9. The molecule has 0 saturated carbocycles. The highest BCUT2D eigenvalue weighted by Gasteiger charge is 2.57. The van der Waals surface area contributed by atoms with Crippen LogP contribution in [-0.4, -0.2) is 36.8 Å². The largest absolute Gasteiger partial charge is 0.493 e. The van der Waals surface area contributed by atoms with Gasteiger partial charge >= 0.3 is 0 Å². The topological polar surface area (TPSA) is 60.9 Å². The van der Waals surface area contributed by atoms with Crippen LogP contribution in [0.3, 0.4) is 0 Å². The first-order chi connectivity index (χ1) is 15.7. The summed E-state index contributed by atoms with van der Waals surface area (Å²) >= 11 is 0. The molecule has 0 saturated heterocycles. The molecule has 2 aromatic carbocycles. The summed E-state index contributed by atoms with van der Waals surface area (Å²) in [5.41, 5.74) is 4.08. The molecule has 0 radical (unpaired) electrons. The molecule has 0 N–H and O–H groups in total. The van der Waals surface area contributed by atoms with Crippen LogP contribution in [0.25, 0.3) is 0 Å². The van der Waals surface area contributed by atoms with Gasteiger partial charge in [-0.25, -0.2) is 0 Å². The van der Waals surface area contributed by atoms with Crippen molar-refractivity contribution in [3.8, 4) is 11.5 Å². The second-order valence-electron chi connectivity index (χ2n) is 8.62. The van der Waals surface area contributed by atoms with E-state index in [1.54, 1.807) is 6.20 Å². The molecule has 3 aromatic rings. The van der Waals surface area contributed by atoms with Crippen LogP contribution < -0.4 is 14.4 Å². The predicted octanol–water partition coefficient (Wildman–Crippen LogP) is 3.65. The third-order valence-corrected chi connectivity index (χ3v) is 6.64. The minimum Gasteiger partial charge on any atom is -0.493 e. The minimum absolute atomic E-state index is 0.0459. The number of carbonyl (C=O) groups is 1. The van der Waals surface area contributed by atoms with Gasteiger partial charge in [-0.05, 0) is 42.3 Å². The van der Waals surface area contributed by atoms with Crippen LogP contribution in [0.2, 0.25) is 0 Å². The van der Waals surface area contributed by atoms with E-state index in [0.717, 1.165) is 46.0 Å². The van der Waals surface area contributed by atoms with E-state index in [4.69, 9.17) is 14.2 Å². The fourth-order valence-corrected chi connectivity index (χ4v) is 5.05. The van der Waals surface area contributed by atoms with Gasteiger partial charge in [-0.15, -0.1) is 0 Å². The SMILES string of the molecule is C[C@@H](CN1C(=O)C2(COc3cc4c(cc32)CCO4)c2ccccc21)OCc1ccccn1. The van der Waals surface area contributed by atoms with E-state index in [1.165, 1.54) is 0 Å². The maximum absolute atomic E-state index is 14.0. The zero-order valence-electron chi connectivity index (χ0n) is 17.9. The van der Waals surface area contributed by atoms with Crippen molar-refractivity contribution in [1.29, 1.82) is 0 Å². The summed E-state index contributed by atoms with van der Waals surface area (Å²) in [6.45, 7) is 3.85. The van der Waals surface area contributed by atoms with Gasteiger partial charge in [-0.3, -0.25) is 9.78 Å². The summed E-state index contributed by atoms with van der Waals surface area (Å²) < 4.78 is 17.8. The Morgan fingerprint density at radius 2 is 1.97 bits per heavy atom. The number of carbonyl (C=O) groups excluding carboxylic acids is 1. The Kier molecular flexibility index (Phi) is 4.43. The van der Waals surface area contributed by atoms with Crippen molar-refractivity contribution in [3.63, 3.8) is 0 Å². The van der Waals surface area contributed by atoms with Crippen LogP contribution in [0, 0.1) is 0 Å². The maximum atomic E-state index is 14.0. The zero-order chi connectivity index (χ0) is 21.7. The first-order valence-corrected chi connectivity index (χ1v) is 11.0. The van der Waals surface area contributed by atoms with E-state index in [0.29, 0.717) is 26.4 Å². The Morgan fingerprint density at radius 3 is 2.84 bits per heavy atom. The third-order valence-electron chi connectivity index (χ3n) is 6.64. The second kappa shape index (κ2) is 7.35. The van der Waals surface area contributed by atoms with Crippen molar-refractivity contribution >= 4 is 11.6 Å². The third kappa shape index (κ3) is 2.83. The standard InChI is InChI=1S/C26H24N2O4/c1-17(31-15-19-6-4-5-10-27-19)14-28-22-8-3-2-7-20(22)26(25(28)29)16-32-24-13-23-18(9-11-30-23)12-21(24)26/h2-8,10,12-13,17H,9,11,14-16H2,1H3/t17-,26?/m0/s1. The fourth-order valence-electron chi connectivity index (χ4n) is 5.05. The number of benzene rings is 2. The summed E-state index contributed by atoms with van der Waals surface area (Å²) in [7, 11) is 0. The van der Waals surface area contributed by atoms with Gasteiger partial charge in [0, 0.05) is 29.9 Å². The number of fused-ring (bicyclic) bond motifs is 5. The molecular formula is C26H24N2O4. The molecular weight excluding hydrogens is 404 g/mol. The second-order valence-corrected chi connectivity index (χ2v) is 8.62. The highest BCUT2D eigenvalue weighted by atomic mass is 16.5. The Labute approximate surface area is 186 Å². The molecule has 6 heteroatoms. The first kappa shape index (κ1) is 19.3. The van der Waals surface area contributed by atoms with Crippen LogP contribution in [-0.2, 0) is 28.0 Å². The Bertz CT molecular complexity index is 1200. The van der Waals surface area contributed by atoms with Crippen LogP contribution >= 0.6 is 0 Å². The number of amides is 1. The number of aromatic nitrogens is 1. The number of nitrogens with zero attached hydrogens (tertiary/aromatic N) is 2. The molecule has 0 fully saturated rings. The Hall–Kier alpha value is -3.38. The van der Waals surface area contributed by atoms with Gasteiger partial charge < -0.3 is 19.1 Å². The highest BCUT2D eigenvalue weighted by molar-refractivity contribution is 6.11. The quantitative estimate of drug-likeness (QED) is 0.621. The van der Waals surface area contributed by atoms with Crippen molar-refractivity contribution in [1.82, 2.24) is 4.98 Å². The smallest absolute Gasteiger partial charge is 0.245 e. The molecule has 0 aliphatic carbocycles. The van der Waals surface area contributed by atoms with Gasteiger partial charge in [-0.1, -0.05) is 24.3 Å². The minimum atomic E-state index is -0.815. The van der Waals surface area contributed by atoms with Crippen molar-refractivity contribution in [2.45, 2.75) is 31.5 Å². The molecule has 1 aromatic heterocycles. The lowest BCUT2D eigenvalue weighted by Crippen LogP contribution is -2.45. The van der Waals surface area contributed by atoms with E-state index >= 15 is 0 Å². The highest BCUT2D eigenvalue weighted by Crippen LogP contribution is 2.53. The molecule has 0 bridgehead atoms. The van der Waals surface area contributed by atoms with E-state index in [-0.39, 0.29) is 12.0 Å². The Balaban J connectivity index is 1.32. The lowest BCUT2D eigenvalue weighted by molar-refractivity contribution is -0.122. The van der Waals surface area contributed by atoms with E-state index in [9.17, 15) is 4.79 Å². The molecule has 32 heavy (non-hydrogen) atoms. The first-order valence-electron chi connectivity index (χ1n) is 11.0. The number of ether oxygens (including phenoxy) is 3. The molecule has 1 amide bonds. The fraction of sp³-hybridized carbons (Fsp3) is 0.308.